The number of rotatable bonds is 3. The zero-order chi connectivity index (χ0) is 9.84. The summed E-state index contributed by atoms with van der Waals surface area (Å²) in [6, 6.07) is 1.98. The molecule has 0 aliphatic rings. The highest BCUT2D eigenvalue weighted by atomic mass is 32.1. The number of carbonyl (C=O) groups is 1. The van der Waals surface area contributed by atoms with Gasteiger partial charge < -0.3 is 4.74 Å². The molecule has 3 heteroatoms. The maximum Gasteiger partial charge on any atom is 0.313 e. The fourth-order valence-corrected chi connectivity index (χ4v) is 2.07. The summed E-state index contributed by atoms with van der Waals surface area (Å²) >= 11 is 1.61. The lowest BCUT2D eigenvalue weighted by Gasteiger charge is -2.16. The molecule has 0 fully saturated rings. The molecule has 0 saturated heterocycles. The Labute approximate surface area is 82.5 Å². The topological polar surface area (TPSA) is 26.3 Å². The molecule has 0 amide bonds. The van der Waals surface area contributed by atoms with E-state index in [9.17, 15) is 4.79 Å². The monoisotopic (exact) mass is 198 g/mol. The summed E-state index contributed by atoms with van der Waals surface area (Å²) < 4.78 is 4.76. The molecule has 13 heavy (non-hydrogen) atoms. The third kappa shape index (κ3) is 2.31. The first-order valence-corrected chi connectivity index (χ1v) is 5.21. The molecule has 1 aromatic heterocycles. The predicted octanol–water partition coefficient (Wildman–Crippen LogP) is 2.66. The van der Waals surface area contributed by atoms with Gasteiger partial charge in [-0.2, -0.15) is 11.3 Å². The van der Waals surface area contributed by atoms with E-state index >= 15 is 0 Å². The molecule has 0 aliphatic heterocycles. The molecular formula is C10H14O2S. The molecule has 0 aliphatic carbocycles. The fraction of sp³-hybridized carbons (Fsp3) is 0.500. The van der Waals surface area contributed by atoms with E-state index in [-0.39, 0.29) is 17.8 Å². The summed E-state index contributed by atoms with van der Waals surface area (Å²) in [5.74, 6) is 0.0201. The van der Waals surface area contributed by atoms with Crippen molar-refractivity contribution in [1.29, 1.82) is 0 Å². The zero-order valence-corrected chi connectivity index (χ0v) is 8.93. The molecule has 0 saturated carbocycles. The van der Waals surface area contributed by atoms with Crippen LogP contribution in [0.5, 0.6) is 0 Å². The van der Waals surface area contributed by atoms with Crippen LogP contribution in [0.2, 0.25) is 0 Å². The van der Waals surface area contributed by atoms with Gasteiger partial charge in [-0.1, -0.05) is 13.8 Å². The lowest BCUT2D eigenvalue weighted by molar-refractivity contribution is -0.143. The van der Waals surface area contributed by atoms with E-state index in [1.165, 1.54) is 7.11 Å². The van der Waals surface area contributed by atoms with Gasteiger partial charge in [0.2, 0.25) is 0 Å². The third-order valence-corrected chi connectivity index (χ3v) is 2.73. The van der Waals surface area contributed by atoms with Crippen LogP contribution in [0.1, 0.15) is 25.3 Å². The molecular weight excluding hydrogens is 184 g/mol. The first-order chi connectivity index (χ1) is 6.16. The fourth-order valence-electron chi connectivity index (χ4n) is 1.37. The molecule has 2 nitrogen and oxygen atoms in total. The van der Waals surface area contributed by atoms with Crippen molar-refractivity contribution in [2.24, 2.45) is 5.92 Å². The lowest BCUT2D eigenvalue weighted by atomic mass is 9.90. The number of ether oxygens (including phenoxy) is 1. The van der Waals surface area contributed by atoms with Crippen molar-refractivity contribution >= 4 is 17.3 Å². The number of carbonyl (C=O) groups excluding carboxylic acids is 1. The molecule has 1 heterocycles. The Kier molecular flexibility index (Phi) is 3.48. The number of methoxy groups -OCH3 is 1. The van der Waals surface area contributed by atoms with Crippen LogP contribution in [-0.2, 0) is 9.53 Å². The number of hydrogen-bond acceptors (Lipinski definition) is 3. The normalized spacial score (nSPS) is 12.9. The molecule has 72 valence electrons. The van der Waals surface area contributed by atoms with Crippen molar-refractivity contribution in [3.05, 3.63) is 22.4 Å². The highest BCUT2D eigenvalue weighted by molar-refractivity contribution is 7.08. The number of esters is 1. The molecule has 0 bridgehead atoms. The van der Waals surface area contributed by atoms with Gasteiger partial charge in [0.1, 0.15) is 0 Å². The Morgan fingerprint density at radius 3 is 2.62 bits per heavy atom. The molecule has 0 aromatic carbocycles. The Morgan fingerprint density at radius 1 is 1.54 bits per heavy atom. The summed E-state index contributed by atoms with van der Waals surface area (Å²) in [6.45, 7) is 4.05. The molecule has 0 radical (unpaired) electrons. The van der Waals surface area contributed by atoms with Crippen molar-refractivity contribution in [1.82, 2.24) is 0 Å². The summed E-state index contributed by atoms with van der Waals surface area (Å²) in [4.78, 5) is 11.4. The summed E-state index contributed by atoms with van der Waals surface area (Å²) in [5.41, 5.74) is 1.06. The number of thiophene rings is 1. The van der Waals surface area contributed by atoms with E-state index in [0.717, 1.165) is 5.56 Å². The Bertz CT molecular complexity index is 264. The third-order valence-electron chi connectivity index (χ3n) is 2.02. The van der Waals surface area contributed by atoms with Gasteiger partial charge >= 0.3 is 5.97 Å². The molecule has 0 N–H and O–H groups in total. The second-order valence-corrected chi connectivity index (χ2v) is 4.08. The van der Waals surface area contributed by atoms with Crippen molar-refractivity contribution in [3.63, 3.8) is 0 Å². The van der Waals surface area contributed by atoms with Gasteiger partial charge in [-0.15, -0.1) is 0 Å². The van der Waals surface area contributed by atoms with Gasteiger partial charge in [-0.3, -0.25) is 4.79 Å². The van der Waals surface area contributed by atoms with Crippen LogP contribution >= 0.6 is 11.3 Å². The van der Waals surface area contributed by atoms with Gasteiger partial charge in [0.05, 0.1) is 13.0 Å². The second-order valence-electron chi connectivity index (χ2n) is 3.30. The van der Waals surface area contributed by atoms with Gasteiger partial charge in [0.25, 0.3) is 0 Å². The van der Waals surface area contributed by atoms with E-state index in [0.29, 0.717) is 0 Å². The molecule has 1 rings (SSSR count). The van der Waals surface area contributed by atoms with Crippen LogP contribution in [0, 0.1) is 5.92 Å². The Hall–Kier alpha value is -0.830. The quantitative estimate of drug-likeness (QED) is 0.698. The zero-order valence-electron chi connectivity index (χ0n) is 8.11. The molecule has 1 atom stereocenters. The first-order valence-electron chi connectivity index (χ1n) is 4.26. The maximum atomic E-state index is 11.4. The Balaban J connectivity index is 2.87. The van der Waals surface area contributed by atoms with Crippen molar-refractivity contribution in [2.45, 2.75) is 19.8 Å². The standard InChI is InChI=1S/C10H14O2S/c1-7(2)9(10(11)12-3)8-4-5-13-6-8/h4-7,9H,1-3H3. The first kappa shape index (κ1) is 10.3. The SMILES string of the molecule is COC(=O)C(c1ccsc1)C(C)C. The van der Waals surface area contributed by atoms with Gasteiger partial charge in [-0.05, 0) is 28.3 Å². The highest BCUT2D eigenvalue weighted by Crippen LogP contribution is 2.27. The van der Waals surface area contributed by atoms with Crippen LogP contribution in [0.3, 0.4) is 0 Å². The van der Waals surface area contributed by atoms with Crippen molar-refractivity contribution in [2.75, 3.05) is 7.11 Å². The molecule has 0 spiro atoms. The largest absolute Gasteiger partial charge is 0.469 e. The van der Waals surface area contributed by atoms with E-state index in [1.807, 2.05) is 30.7 Å². The van der Waals surface area contributed by atoms with Gasteiger partial charge in [0.15, 0.2) is 0 Å². The van der Waals surface area contributed by atoms with Gasteiger partial charge in [-0.25, -0.2) is 0 Å². The lowest BCUT2D eigenvalue weighted by Crippen LogP contribution is -2.18. The Morgan fingerprint density at radius 2 is 2.23 bits per heavy atom. The maximum absolute atomic E-state index is 11.4. The second kappa shape index (κ2) is 4.42. The average Bonchev–Trinajstić information content (AvgIpc) is 2.56. The van der Waals surface area contributed by atoms with Crippen LogP contribution < -0.4 is 0 Å². The number of hydrogen-bond donors (Lipinski definition) is 0. The average molecular weight is 198 g/mol. The highest BCUT2D eigenvalue weighted by Gasteiger charge is 2.24. The van der Waals surface area contributed by atoms with E-state index in [4.69, 9.17) is 4.74 Å². The summed E-state index contributed by atoms with van der Waals surface area (Å²) in [7, 11) is 1.43. The van der Waals surface area contributed by atoms with E-state index < -0.39 is 0 Å². The van der Waals surface area contributed by atoms with E-state index in [1.54, 1.807) is 11.3 Å². The summed E-state index contributed by atoms with van der Waals surface area (Å²) in [6.07, 6.45) is 0. The van der Waals surface area contributed by atoms with Gasteiger partial charge in [0, 0.05) is 0 Å². The van der Waals surface area contributed by atoms with Crippen LogP contribution in [0.25, 0.3) is 0 Å². The summed E-state index contributed by atoms with van der Waals surface area (Å²) in [5, 5.41) is 3.98. The van der Waals surface area contributed by atoms with Crippen LogP contribution in [0.15, 0.2) is 16.8 Å². The van der Waals surface area contributed by atoms with E-state index in [2.05, 4.69) is 0 Å². The van der Waals surface area contributed by atoms with Crippen molar-refractivity contribution < 1.29 is 9.53 Å². The van der Waals surface area contributed by atoms with Crippen molar-refractivity contribution in [3.8, 4) is 0 Å². The minimum atomic E-state index is -0.145. The minimum Gasteiger partial charge on any atom is -0.469 e. The smallest absolute Gasteiger partial charge is 0.313 e. The van der Waals surface area contributed by atoms with Crippen LogP contribution in [0.4, 0.5) is 0 Å². The molecule has 1 aromatic rings. The minimum absolute atomic E-state index is 0.115. The van der Waals surface area contributed by atoms with Crippen LogP contribution in [-0.4, -0.2) is 13.1 Å². The molecule has 1 unspecified atom stereocenters. The predicted molar refractivity (Wildman–Crippen MR) is 53.9 cm³/mol.